The maximum Gasteiger partial charge on any atom is 0.177 e. The van der Waals surface area contributed by atoms with Gasteiger partial charge in [-0.3, -0.25) is 4.79 Å². The predicted molar refractivity (Wildman–Crippen MR) is 48.6 cm³/mol. The van der Waals surface area contributed by atoms with Gasteiger partial charge in [-0.15, -0.1) is 0 Å². The van der Waals surface area contributed by atoms with Gasteiger partial charge in [0.1, 0.15) is 11.7 Å². The number of hydrogen-bond donors (Lipinski definition) is 0. The molecule has 0 saturated heterocycles. The lowest BCUT2D eigenvalue weighted by molar-refractivity contribution is -0.117. The summed E-state index contributed by atoms with van der Waals surface area (Å²) < 4.78 is 4.95. The predicted octanol–water partition coefficient (Wildman–Crippen LogP) is 1.47. The van der Waals surface area contributed by atoms with E-state index in [1.54, 1.807) is 6.92 Å². The third kappa shape index (κ3) is 4.04. The highest BCUT2D eigenvalue weighted by molar-refractivity contribution is 7.80. The number of ether oxygens (including phenoxy) is 1. The minimum Gasteiger partial charge on any atom is -0.486 e. The molecule has 0 rings (SSSR count). The number of nitriles is 1. The zero-order chi connectivity index (χ0) is 9.56. The number of hydrogen-bond acceptors (Lipinski definition) is 4. The molecular weight excluding hydrogens is 174 g/mol. The van der Waals surface area contributed by atoms with Crippen LogP contribution in [0.5, 0.6) is 0 Å². The van der Waals surface area contributed by atoms with Crippen molar-refractivity contribution in [3.63, 3.8) is 0 Å². The standard InChI is InChI=1S/C8H11NO2S/c1-3-11-8(12)7(5-9)4-6(2)10/h7H,3-4H2,1-2H3. The summed E-state index contributed by atoms with van der Waals surface area (Å²) in [7, 11) is 0. The quantitative estimate of drug-likeness (QED) is 0.622. The molecule has 0 amide bonds. The summed E-state index contributed by atoms with van der Waals surface area (Å²) in [6.07, 6.45) is 0.148. The molecule has 0 aromatic carbocycles. The fourth-order valence-corrected chi connectivity index (χ4v) is 0.966. The van der Waals surface area contributed by atoms with Gasteiger partial charge in [0.2, 0.25) is 0 Å². The molecule has 1 atom stereocenters. The normalized spacial score (nSPS) is 11.4. The van der Waals surface area contributed by atoms with E-state index in [0.29, 0.717) is 6.61 Å². The Bertz CT molecular complexity index is 220. The lowest BCUT2D eigenvalue weighted by Crippen LogP contribution is -2.16. The van der Waals surface area contributed by atoms with Crippen LogP contribution in [0.4, 0.5) is 0 Å². The van der Waals surface area contributed by atoms with E-state index in [9.17, 15) is 4.79 Å². The number of ketones is 1. The van der Waals surface area contributed by atoms with E-state index in [2.05, 4.69) is 0 Å². The van der Waals surface area contributed by atoms with Crippen LogP contribution in [-0.4, -0.2) is 17.4 Å². The SMILES string of the molecule is CCOC(=S)C(C#N)CC(C)=O. The molecule has 0 heterocycles. The first kappa shape index (κ1) is 11.1. The van der Waals surface area contributed by atoms with Gasteiger partial charge in [-0.05, 0) is 26.1 Å². The van der Waals surface area contributed by atoms with Crippen molar-refractivity contribution in [2.45, 2.75) is 20.3 Å². The number of Topliss-reactive ketones (excluding diaryl/α,β-unsaturated/α-hetero) is 1. The largest absolute Gasteiger partial charge is 0.486 e. The van der Waals surface area contributed by atoms with E-state index in [1.165, 1.54) is 6.92 Å². The molecule has 0 N–H and O–H groups in total. The van der Waals surface area contributed by atoms with Crippen LogP contribution in [0.2, 0.25) is 0 Å². The molecule has 4 heteroatoms. The van der Waals surface area contributed by atoms with Gasteiger partial charge in [0, 0.05) is 6.42 Å². The smallest absolute Gasteiger partial charge is 0.177 e. The molecule has 0 aromatic heterocycles. The molecule has 0 aliphatic rings. The van der Waals surface area contributed by atoms with E-state index in [1.807, 2.05) is 6.07 Å². The van der Waals surface area contributed by atoms with Gasteiger partial charge in [-0.25, -0.2) is 0 Å². The Morgan fingerprint density at radius 3 is 2.67 bits per heavy atom. The maximum absolute atomic E-state index is 10.7. The Balaban J connectivity index is 4.08. The van der Waals surface area contributed by atoms with Crippen LogP contribution in [0.3, 0.4) is 0 Å². The number of rotatable bonds is 4. The van der Waals surface area contributed by atoms with Gasteiger partial charge in [0.05, 0.1) is 12.7 Å². The zero-order valence-electron chi connectivity index (χ0n) is 7.16. The second kappa shape index (κ2) is 5.67. The van der Waals surface area contributed by atoms with Crippen LogP contribution < -0.4 is 0 Å². The second-order valence-corrected chi connectivity index (χ2v) is 2.74. The van der Waals surface area contributed by atoms with Gasteiger partial charge in [0.25, 0.3) is 0 Å². The van der Waals surface area contributed by atoms with Gasteiger partial charge < -0.3 is 4.74 Å². The molecule has 0 aliphatic heterocycles. The van der Waals surface area contributed by atoms with Crippen LogP contribution in [0.1, 0.15) is 20.3 Å². The number of carbonyl (C=O) groups excluding carboxylic acids is 1. The van der Waals surface area contributed by atoms with Gasteiger partial charge in [-0.2, -0.15) is 5.26 Å². The highest BCUT2D eigenvalue weighted by atomic mass is 32.1. The summed E-state index contributed by atoms with van der Waals surface area (Å²) in [4.78, 5) is 10.7. The maximum atomic E-state index is 10.7. The summed E-state index contributed by atoms with van der Waals surface area (Å²) in [5, 5.41) is 8.82. The van der Waals surface area contributed by atoms with Crippen molar-refractivity contribution >= 4 is 23.1 Å². The molecule has 0 fully saturated rings. The molecule has 0 aromatic rings. The van der Waals surface area contributed by atoms with Crippen molar-refractivity contribution in [3.05, 3.63) is 0 Å². The Morgan fingerprint density at radius 1 is 1.75 bits per heavy atom. The molecule has 1 unspecified atom stereocenters. The highest BCUT2D eigenvalue weighted by Gasteiger charge is 2.16. The average Bonchev–Trinajstić information content (AvgIpc) is 2.00. The monoisotopic (exact) mass is 185 g/mol. The summed E-state index contributed by atoms with van der Waals surface area (Å²) in [5.41, 5.74) is 0. The lowest BCUT2D eigenvalue weighted by atomic mass is 10.1. The Labute approximate surface area is 77.3 Å². The minimum atomic E-state index is -0.572. The average molecular weight is 185 g/mol. The van der Waals surface area contributed by atoms with Gasteiger partial charge in [-0.1, -0.05) is 0 Å². The number of carbonyl (C=O) groups is 1. The van der Waals surface area contributed by atoms with Crippen molar-refractivity contribution < 1.29 is 9.53 Å². The molecule has 0 bridgehead atoms. The van der Waals surface area contributed by atoms with Crippen molar-refractivity contribution in [1.82, 2.24) is 0 Å². The Hall–Kier alpha value is -0.950. The van der Waals surface area contributed by atoms with E-state index in [-0.39, 0.29) is 17.3 Å². The Morgan fingerprint density at radius 2 is 2.33 bits per heavy atom. The highest BCUT2D eigenvalue weighted by Crippen LogP contribution is 2.06. The molecule has 12 heavy (non-hydrogen) atoms. The molecule has 66 valence electrons. The molecule has 0 saturated carbocycles. The zero-order valence-corrected chi connectivity index (χ0v) is 7.98. The van der Waals surface area contributed by atoms with E-state index >= 15 is 0 Å². The minimum absolute atomic E-state index is 0.0522. The van der Waals surface area contributed by atoms with E-state index < -0.39 is 5.92 Å². The summed E-state index contributed by atoms with van der Waals surface area (Å²) in [6.45, 7) is 3.66. The molecular formula is C8H11NO2S. The topological polar surface area (TPSA) is 50.1 Å². The van der Waals surface area contributed by atoms with Crippen molar-refractivity contribution in [2.24, 2.45) is 5.92 Å². The summed E-state index contributed by atoms with van der Waals surface area (Å²) in [5.74, 6) is -0.624. The Kier molecular flexibility index (Phi) is 5.22. The van der Waals surface area contributed by atoms with Gasteiger partial charge in [0.15, 0.2) is 5.05 Å². The third-order valence-electron chi connectivity index (χ3n) is 1.22. The second-order valence-electron chi connectivity index (χ2n) is 2.34. The summed E-state index contributed by atoms with van der Waals surface area (Å²) in [6, 6.07) is 1.93. The number of nitrogens with zero attached hydrogens (tertiary/aromatic N) is 1. The fourth-order valence-electron chi connectivity index (χ4n) is 0.712. The first-order valence-electron chi connectivity index (χ1n) is 3.67. The summed E-state index contributed by atoms with van der Waals surface area (Å²) >= 11 is 4.80. The first-order valence-corrected chi connectivity index (χ1v) is 4.08. The van der Waals surface area contributed by atoms with Crippen molar-refractivity contribution in [3.8, 4) is 6.07 Å². The lowest BCUT2D eigenvalue weighted by Gasteiger charge is -2.08. The van der Waals surface area contributed by atoms with Crippen LogP contribution in [0.25, 0.3) is 0 Å². The molecule has 0 spiro atoms. The van der Waals surface area contributed by atoms with E-state index in [0.717, 1.165) is 0 Å². The van der Waals surface area contributed by atoms with Crippen LogP contribution >= 0.6 is 12.2 Å². The van der Waals surface area contributed by atoms with Crippen LogP contribution in [0, 0.1) is 17.2 Å². The van der Waals surface area contributed by atoms with Crippen LogP contribution in [-0.2, 0) is 9.53 Å². The van der Waals surface area contributed by atoms with Crippen molar-refractivity contribution in [1.29, 1.82) is 5.26 Å². The van der Waals surface area contributed by atoms with E-state index in [4.69, 9.17) is 22.2 Å². The van der Waals surface area contributed by atoms with Gasteiger partial charge >= 0.3 is 0 Å². The number of thiocarbonyl (C=S) groups is 1. The van der Waals surface area contributed by atoms with Crippen LogP contribution in [0.15, 0.2) is 0 Å². The fraction of sp³-hybridized carbons (Fsp3) is 0.625. The molecule has 0 aliphatic carbocycles. The van der Waals surface area contributed by atoms with Crippen molar-refractivity contribution in [2.75, 3.05) is 6.61 Å². The molecule has 3 nitrogen and oxygen atoms in total. The third-order valence-corrected chi connectivity index (χ3v) is 1.62. The molecule has 0 radical (unpaired) electrons. The first-order chi connectivity index (χ1) is 5.61.